The molecule has 29 heavy (non-hydrogen) atoms. The fourth-order valence-electron chi connectivity index (χ4n) is 3.65. The van der Waals surface area contributed by atoms with Gasteiger partial charge in [0.2, 0.25) is 5.91 Å². The van der Waals surface area contributed by atoms with Crippen LogP contribution in [0.2, 0.25) is 0 Å². The van der Waals surface area contributed by atoms with Gasteiger partial charge in [0.1, 0.15) is 5.69 Å². The van der Waals surface area contributed by atoms with Gasteiger partial charge >= 0.3 is 0 Å². The molecule has 0 unspecified atom stereocenters. The number of carbonyl (C=O) groups excluding carboxylic acids is 2. The summed E-state index contributed by atoms with van der Waals surface area (Å²) in [6.45, 7) is 4.04. The van der Waals surface area contributed by atoms with Gasteiger partial charge in [-0.1, -0.05) is 42.8 Å². The molecule has 0 saturated carbocycles. The van der Waals surface area contributed by atoms with E-state index in [-0.39, 0.29) is 17.9 Å². The summed E-state index contributed by atoms with van der Waals surface area (Å²) in [5.41, 5.74) is 5.53. The maximum absolute atomic E-state index is 12.5. The topological polar surface area (TPSA) is 74.0 Å². The summed E-state index contributed by atoms with van der Waals surface area (Å²) in [6, 6.07) is 16.7. The van der Waals surface area contributed by atoms with Gasteiger partial charge in [0, 0.05) is 30.4 Å². The van der Waals surface area contributed by atoms with Crippen LogP contribution in [0.1, 0.15) is 46.9 Å². The lowest BCUT2D eigenvalue weighted by Crippen LogP contribution is -2.35. The largest absolute Gasteiger partial charge is 0.359 e. The third-order valence-corrected chi connectivity index (χ3v) is 5.16. The van der Waals surface area contributed by atoms with Crippen LogP contribution in [0, 0.1) is 6.92 Å². The van der Waals surface area contributed by atoms with Crippen LogP contribution in [-0.4, -0.2) is 29.9 Å². The molecule has 0 atom stereocenters. The summed E-state index contributed by atoms with van der Waals surface area (Å²) in [7, 11) is 1.65. The minimum absolute atomic E-state index is 0.0216. The van der Waals surface area contributed by atoms with Gasteiger partial charge < -0.3 is 15.6 Å². The Labute approximate surface area is 171 Å². The zero-order valence-electron chi connectivity index (χ0n) is 17.3. The number of nitrogens with one attached hydrogen (secondary N) is 3. The van der Waals surface area contributed by atoms with Crippen molar-refractivity contribution >= 4 is 22.7 Å². The number of aromatic nitrogens is 1. The highest BCUT2D eigenvalue weighted by molar-refractivity contribution is 5.98. The Balaban J connectivity index is 0.000000298. The lowest BCUT2D eigenvalue weighted by molar-refractivity contribution is -0.120. The standard InChI is InChI=1S/C19H18N2O.C5H11NO/c1-12-6-7-17-15(8-12)11-18(21-17)19(22)20-16-9-13-4-2-3-5-14(13)10-16;1-3-4-5(7)6-2/h2-8,11,16,21H,9-10H2,1H3,(H,20,22);3-4H2,1-2H3,(H,6,7). The molecule has 1 aliphatic rings. The molecule has 0 aliphatic heterocycles. The highest BCUT2D eigenvalue weighted by atomic mass is 16.2. The lowest BCUT2D eigenvalue weighted by Gasteiger charge is -2.10. The monoisotopic (exact) mass is 391 g/mol. The Morgan fingerprint density at radius 2 is 1.76 bits per heavy atom. The predicted molar refractivity (Wildman–Crippen MR) is 117 cm³/mol. The molecular formula is C24H29N3O2. The number of benzene rings is 2. The van der Waals surface area contributed by atoms with E-state index in [0.29, 0.717) is 12.1 Å². The smallest absolute Gasteiger partial charge is 0.267 e. The van der Waals surface area contributed by atoms with Crippen molar-refractivity contribution in [2.45, 2.75) is 45.6 Å². The molecule has 3 N–H and O–H groups in total. The summed E-state index contributed by atoms with van der Waals surface area (Å²) in [5.74, 6) is 0.106. The van der Waals surface area contributed by atoms with Crippen molar-refractivity contribution in [3.05, 3.63) is 70.9 Å². The summed E-state index contributed by atoms with van der Waals surface area (Å²) in [4.78, 5) is 26.0. The van der Waals surface area contributed by atoms with Crippen LogP contribution in [-0.2, 0) is 17.6 Å². The van der Waals surface area contributed by atoms with Crippen LogP contribution in [0.3, 0.4) is 0 Å². The maximum Gasteiger partial charge on any atom is 0.267 e. The molecule has 0 fully saturated rings. The molecule has 1 heterocycles. The first-order chi connectivity index (χ1) is 14.0. The zero-order chi connectivity index (χ0) is 20.8. The molecule has 4 rings (SSSR count). The molecule has 5 heteroatoms. The van der Waals surface area contributed by atoms with Gasteiger partial charge in [-0.3, -0.25) is 9.59 Å². The molecular weight excluding hydrogens is 362 g/mol. The quantitative estimate of drug-likeness (QED) is 0.631. The first kappa shape index (κ1) is 20.6. The number of fused-ring (bicyclic) bond motifs is 2. The SMILES string of the molecule is CCCC(=O)NC.Cc1ccc2[nH]c(C(=O)NC3Cc4ccccc4C3)cc2c1. The number of carbonyl (C=O) groups is 2. The maximum atomic E-state index is 12.5. The van der Waals surface area contributed by atoms with Gasteiger partial charge in [-0.15, -0.1) is 0 Å². The van der Waals surface area contributed by atoms with E-state index in [1.54, 1.807) is 7.05 Å². The fraction of sp³-hybridized carbons (Fsp3) is 0.333. The molecule has 0 spiro atoms. The van der Waals surface area contributed by atoms with Crippen LogP contribution in [0.4, 0.5) is 0 Å². The summed E-state index contributed by atoms with van der Waals surface area (Å²) >= 11 is 0. The Bertz CT molecular complexity index is 981. The van der Waals surface area contributed by atoms with E-state index in [4.69, 9.17) is 0 Å². The number of aryl methyl sites for hydroxylation is 1. The average Bonchev–Trinajstić information content (AvgIpc) is 3.31. The molecule has 2 aromatic carbocycles. The predicted octanol–water partition coefficient (Wildman–Crippen LogP) is 3.91. The van der Waals surface area contributed by atoms with E-state index in [1.807, 2.05) is 25.1 Å². The normalized spacial score (nSPS) is 12.8. The number of hydrogen-bond donors (Lipinski definition) is 3. The van der Waals surface area contributed by atoms with Gasteiger partial charge in [0.25, 0.3) is 5.91 Å². The molecule has 0 saturated heterocycles. The van der Waals surface area contributed by atoms with E-state index in [2.05, 4.69) is 52.9 Å². The van der Waals surface area contributed by atoms with Gasteiger partial charge in [-0.05, 0) is 55.5 Å². The van der Waals surface area contributed by atoms with Gasteiger partial charge in [0.05, 0.1) is 0 Å². The first-order valence-corrected chi connectivity index (χ1v) is 10.2. The Morgan fingerprint density at radius 1 is 1.07 bits per heavy atom. The summed E-state index contributed by atoms with van der Waals surface area (Å²) in [5, 5.41) is 6.76. The molecule has 1 aliphatic carbocycles. The van der Waals surface area contributed by atoms with E-state index in [0.717, 1.165) is 30.2 Å². The number of H-pyrrole nitrogens is 1. The van der Waals surface area contributed by atoms with Crippen LogP contribution < -0.4 is 10.6 Å². The van der Waals surface area contributed by atoms with Crippen molar-refractivity contribution in [1.29, 1.82) is 0 Å². The van der Waals surface area contributed by atoms with Gasteiger partial charge in [-0.25, -0.2) is 0 Å². The summed E-state index contributed by atoms with van der Waals surface area (Å²) in [6.07, 6.45) is 3.42. The fourth-order valence-corrected chi connectivity index (χ4v) is 3.65. The third kappa shape index (κ3) is 5.25. The Kier molecular flexibility index (Phi) is 6.70. The molecule has 0 bridgehead atoms. The number of aromatic amines is 1. The van der Waals surface area contributed by atoms with Crippen molar-refractivity contribution in [2.24, 2.45) is 0 Å². The second-order valence-corrected chi connectivity index (χ2v) is 7.54. The van der Waals surface area contributed by atoms with Crippen LogP contribution in [0.15, 0.2) is 48.5 Å². The van der Waals surface area contributed by atoms with E-state index >= 15 is 0 Å². The molecule has 152 valence electrons. The summed E-state index contributed by atoms with van der Waals surface area (Å²) < 4.78 is 0. The van der Waals surface area contributed by atoms with Gasteiger partial charge in [-0.2, -0.15) is 0 Å². The van der Waals surface area contributed by atoms with Crippen LogP contribution >= 0.6 is 0 Å². The van der Waals surface area contributed by atoms with Crippen LogP contribution in [0.5, 0.6) is 0 Å². The molecule has 1 aromatic heterocycles. The van der Waals surface area contributed by atoms with E-state index in [1.165, 1.54) is 16.7 Å². The van der Waals surface area contributed by atoms with Crippen molar-refractivity contribution in [3.63, 3.8) is 0 Å². The highest BCUT2D eigenvalue weighted by Crippen LogP contribution is 2.22. The molecule has 3 aromatic rings. The van der Waals surface area contributed by atoms with Crippen molar-refractivity contribution in [1.82, 2.24) is 15.6 Å². The number of rotatable bonds is 4. The van der Waals surface area contributed by atoms with Crippen LogP contribution in [0.25, 0.3) is 10.9 Å². The third-order valence-electron chi connectivity index (χ3n) is 5.16. The first-order valence-electron chi connectivity index (χ1n) is 10.2. The Hall–Kier alpha value is -3.08. The number of hydrogen-bond acceptors (Lipinski definition) is 2. The van der Waals surface area contributed by atoms with Crippen molar-refractivity contribution < 1.29 is 9.59 Å². The minimum atomic E-state index is -0.0216. The molecule has 0 radical (unpaired) electrons. The highest BCUT2D eigenvalue weighted by Gasteiger charge is 2.23. The molecule has 5 nitrogen and oxygen atoms in total. The average molecular weight is 392 g/mol. The zero-order valence-corrected chi connectivity index (χ0v) is 17.3. The number of amides is 2. The van der Waals surface area contributed by atoms with E-state index < -0.39 is 0 Å². The lowest BCUT2D eigenvalue weighted by atomic mass is 10.1. The minimum Gasteiger partial charge on any atom is -0.359 e. The molecule has 2 amide bonds. The second-order valence-electron chi connectivity index (χ2n) is 7.54. The second kappa shape index (κ2) is 9.41. The van der Waals surface area contributed by atoms with E-state index in [9.17, 15) is 9.59 Å². The van der Waals surface area contributed by atoms with Crippen molar-refractivity contribution in [2.75, 3.05) is 7.05 Å². The van der Waals surface area contributed by atoms with Gasteiger partial charge in [0.15, 0.2) is 0 Å². The Morgan fingerprint density at radius 3 is 2.34 bits per heavy atom. The van der Waals surface area contributed by atoms with Crippen molar-refractivity contribution in [3.8, 4) is 0 Å².